The highest BCUT2D eigenvalue weighted by Crippen LogP contribution is 2.32. The van der Waals surface area contributed by atoms with E-state index in [-0.39, 0.29) is 5.56 Å². The summed E-state index contributed by atoms with van der Waals surface area (Å²) in [7, 11) is 1.34. The van der Waals surface area contributed by atoms with E-state index in [4.69, 9.17) is 9.47 Å². The average molecular weight is 455 g/mol. The molecule has 0 fully saturated rings. The molecule has 0 amide bonds. The lowest BCUT2D eigenvalue weighted by Crippen LogP contribution is -2.39. The molecule has 0 aliphatic carbocycles. The van der Waals surface area contributed by atoms with Gasteiger partial charge in [-0.2, -0.15) is 0 Å². The first-order valence-corrected chi connectivity index (χ1v) is 11.6. The molecule has 1 aliphatic rings. The van der Waals surface area contributed by atoms with E-state index in [0.29, 0.717) is 27.2 Å². The van der Waals surface area contributed by atoms with Crippen molar-refractivity contribution in [2.75, 3.05) is 13.7 Å². The number of thiazole rings is 1. The highest BCUT2D eigenvalue weighted by atomic mass is 32.1. The van der Waals surface area contributed by atoms with Crippen LogP contribution in [0.1, 0.15) is 36.8 Å². The molecule has 31 heavy (non-hydrogen) atoms. The van der Waals surface area contributed by atoms with E-state index in [0.717, 1.165) is 22.6 Å². The Balaban J connectivity index is 1.82. The van der Waals surface area contributed by atoms with Gasteiger partial charge in [0.1, 0.15) is 11.8 Å². The predicted molar refractivity (Wildman–Crippen MR) is 122 cm³/mol. The zero-order valence-electron chi connectivity index (χ0n) is 17.5. The summed E-state index contributed by atoms with van der Waals surface area (Å²) in [6, 6.07) is 10.9. The number of hydrogen-bond acceptors (Lipinski definition) is 7. The van der Waals surface area contributed by atoms with Crippen LogP contribution >= 0.6 is 22.7 Å². The SMILES string of the molecule is CCCOc1ccc(/C=c2/sc3n(c2=O)[C@H](c2cccs2)C(C(=O)OC)=C(C)N=3)cc1. The van der Waals surface area contributed by atoms with Gasteiger partial charge in [0.25, 0.3) is 5.56 Å². The van der Waals surface area contributed by atoms with Gasteiger partial charge in [0.15, 0.2) is 4.80 Å². The number of methoxy groups -OCH3 is 1. The van der Waals surface area contributed by atoms with E-state index in [1.807, 2.05) is 47.9 Å². The minimum absolute atomic E-state index is 0.178. The topological polar surface area (TPSA) is 69.9 Å². The van der Waals surface area contributed by atoms with Crippen molar-refractivity contribution in [1.29, 1.82) is 0 Å². The van der Waals surface area contributed by atoms with Crippen LogP contribution in [0.2, 0.25) is 0 Å². The monoisotopic (exact) mass is 454 g/mol. The van der Waals surface area contributed by atoms with E-state index >= 15 is 0 Å². The Morgan fingerprint density at radius 1 is 1.26 bits per heavy atom. The number of carbonyl (C=O) groups excluding carboxylic acids is 1. The first kappa shape index (κ1) is 21.3. The summed E-state index contributed by atoms with van der Waals surface area (Å²) in [4.78, 5) is 31.9. The summed E-state index contributed by atoms with van der Waals surface area (Å²) in [6.07, 6.45) is 2.79. The molecular weight excluding hydrogens is 432 g/mol. The molecule has 0 radical (unpaired) electrons. The second-order valence-corrected chi connectivity index (χ2v) is 8.99. The number of aromatic nitrogens is 1. The second-order valence-electron chi connectivity index (χ2n) is 7.01. The Hall–Kier alpha value is -2.97. The fraction of sp³-hybridized carbons (Fsp3) is 0.261. The van der Waals surface area contributed by atoms with Crippen LogP contribution in [0.5, 0.6) is 5.75 Å². The van der Waals surface area contributed by atoms with Gasteiger partial charge >= 0.3 is 5.97 Å². The summed E-state index contributed by atoms with van der Waals surface area (Å²) in [5, 5.41) is 1.93. The Morgan fingerprint density at radius 3 is 2.68 bits per heavy atom. The van der Waals surface area contributed by atoms with Crippen LogP contribution in [-0.2, 0) is 9.53 Å². The van der Waals surface area contributed by atoms with Crippen LogP contribution in [-0.4, -0.2) is 24.3 Å². The molecule has 1 aliphatic heterocycles. The molecule has 0 N–H and O–H groups in total. The molecule has 2 aromatic heterocycles. The largest absolute Gasteiger partial charge is 0.494 e. The molecule has 0 saturated heterocycles. The van der Waals surface area contributed by atoms with Crippen LogP contribution < -0.4 is 19.6 Å². The molecule has 3 heterocycles. The van der Waals surface area contributed by atoms with E-state index in [1.165, 1.54) is 29.8 Å². The van der Waals surface area contributed by atoms with Gasteiger partial charge in [0.05, 0.1) is 29.5 Å². The van der Waals surface area contributed by atoms with Gasteiger partial charge in [-0.1, -0.05) is 36.5 Å². The highest BCUT2D eigenvalue weighted by molar-refractivity contribution is 7.10. The number of benzene rings is 1. The average Bonchev–Trinajstić information content (AvgIpc) is 3.41. The van der Waals surface area contributed by atoms with Crippen molar-refractivity contribution in [3.05, 3.63) is 83.2 Å². The van der Waals surface area contributed by atoms with Crippen molar-refractivity contribution in [3.63, 3.8) is 0 Å². The molecule has 1 aromatic carbocycles. The highest BCUT2D eigenvalue weighted by Gasteiger charge is 2.33. The number of rotatable bonds is 6. The molecule has 4 rings (SSSR count). The number of esters is 1. The maximum Gasteiger partial charge on any atom is 0.338 e. The minimum atomic E-state index is -0.546. The Bertz CT molecular complexity index is 1300. The lowest BCUT2D eigenvalue weighted by Gasteiger charge is -2.22. The fourth-order valence-corrected chi connectivity index (χ4v) is 5.31. The van der Waals surface area contributed by atoms with Crippen molar-refractivity contribution in [3.8, 4) is 5.75 Å². The number of hydrogen-bond donors (Lipinski definition) is 0. The van der Waals surface area contributed by atoms with Crippen LogP contribution in [0.25, 0.3) is 6.08 Å². The lowest BCUT2D eigenvalue weighted by atomic mass is 10.0. The first-order valence-electron chi connectivity index (χ1n) is 9.90. The lowest BCUT2D eigenvalue weighted by molar-refractivity contribution is -0.136. The maximum absolute atomic E-state index is 13.4. The van der Waals surface area contributed by atoms with E-state index in [2.05, 4.69) is 11.9 Å². The molecule has 0 spiro atoms. The van der Waals surface area contributed by atoms with E-state index in [9.17, 15) is 9.59 Å². The third-order valence-corrected chi connectivity index (χ3v) is 6.80. The van der Waals surface area contributed by atoms with Crippen LogP contribution in [0.4, 0.5) is 0 Å². The Morgan fingerprint density at radius 2 is 2.03 bits per heavy atom. The number of thiophene rings is 1. The number of allylic oxidation sites excluding steroid dienone is 1. The molecule has 0 unspecified atom stereocenters. The van der Waals surface area contributed by atoms with Gasteiger partial charge in [0, 0.05) is 4.88 Å². The maximum atomic E-state index is 13.4. The number of nitrogens with zero attached hydrogens (tertiary/aromatic N) is 2. The van der Waals surface area contributed by atoms with Gasteiger partial charge in [-0.15, -0.1) is 11.3 Å². The molecule has 1 atom stereocenters. The van der Waals surface area contributed by atoms with Gasteiger partial charge in [0.2, 0.25) is 0 Å². The smallest absolute Gasteiger partial charge is 0.338 e. The fourth-order valence-electron chi connectivity index (χ4n) is 3.44. The molecular formula is C23H22N2O4S2. The normalized spacial score (nSPS) is 16.1. The van der Waals surface area contributed by atoms with Gasteiger partial charge in [-0.3, -0.25) is 9.36 Å². The van der Waals surface area contributed by atoms with Gasteiger partial charge < -0.3 is 9.47 Å². The number of fused-ring (bicyclic) bond motifs is 1. The van der Waals surface area contributed by atoms with E-state index in [1.54, 1.807) is 11.5 Å². The quantitative estimate of drug-likeness (QED) is 0.536. The second kappa shape index (κ2) is 9.03. The summed E-state index contributed by atoms with van der Waals surface area (Å²) in [5.41, 5.74) is 1.67. The van der Waals surface area contributed by atoms with Crippen molar-refractivity contribution >= 4 is 34.7 Å². The summed E-state index contributed by atoms with van der Waals surface area (Å²) in [6.45, 7) is 4.51. The van der Waals surface area contributed by atoms with Crippen molar-refractivity contribution < 1.29 is 14.3 Å². The minimum Gasteiger partial charge on any atom is -0.494 e. The van der Waals surface area contributed by atoms with Crippen LogP contribution in [0.15, 0.2) is 62.8 Å². The Kier molecular flexibility index (Phi) is 6.20. The molecule has 3 aromatic rings. The zero-order chi connectivity index (χ0) is 22.0. The zero-order valence-corrected chi connectivity index (χ0v) is 19.1. The number of ether oxygens (including phenoxy) is 2. The summed E-state index contributed by atoms with van der Waals surface area (Å²) in [5.74, 6) is 0.327. The van der Waals surface area contributed by atoms with E-state index < -0.39 is 12.0 Å². The summed E-state index contributed by atoms with van der Waals surface area (Å²) < 4.78 is 12.8. The van der Waals surface area contributed by atoms with Crippen molar-refractivity contribution in [1.82, 2.24) is 4.57 Å². The van der Waals surface area contributed by atoms with Crippen LogP contribution in [0.3, 0.4) is 0 Å². The van der Waals surface area contributed by atoms with Crippen LogP contribution in [0, 0.1) is 0 Å². The first-order chi connectivity index (χ1) is 15.0. The van der Waals surface area contributed by atoms with Crippen molar-refractivity contribution in [2.45, 2.75) is 26.3 Å². The predicted octanol–water partition coefficient (Wildman–Crippen LogP) is 3.26. The van der Waals surface area contributed by atoms with Crippen molar-refractivity contribution in [2.24, 2.45) is 4.99 Å². The van der Waals surface area contributed by atoms with Gasteiger partial charge in [-0.05, 0) is 48.6 Å². The molecule has 160 valence electrons. The third-order valence-electron chi connectivity index (χ3n) is 4.89. The summed E-state index contributed by atoms with van der Waals surface area (Å²) >= 11 is 2.81. The third kappa shape index (κ3) is 4.13. The molecule has 8 heteroatoms. The number of carbonyl (C=O) groups is 1. The molecule has 0 bridgehead atoms. The standard InChI is InChI=1S/C23H22N2O4S2/c1-4-11-29-16-9-7-15(8-10-16)13-18-21(26)25-20(17-6-5-12-30-17)19(22(27)28-3)14(2)24-23(25)31-18/h5-10,12-13,20H,4,11H2,1-3H3/b18-13+/t20-/m1/s1. The Labute approximate surface area is 187 Å². The molecule has 6 nitrogen and oxygen atoms in total. The van der Waals surface area contributed by atoms with Gasteiger partial charge in [-0.25, -0.2) is 9.79 Å². The molecule has 0 saturated carbocycles.